The molecule has 310 valence electrons. The highest BCUT2D eigenvalue weighted by molar-refractivity contribution is 5.89. The summed E-state index contributed by atoms with van der Waals surface area (Å²) in [6.45, 7) is 0.0619. The molecule has 58 heavy (non-hydrogen) atoms. The van der Waals surface area contributed by atoms with Gasteiger partial charge >= 0.3 is 23.3 Å². The van der Waals surface area contributed by atoms with Gasteiger partial charge in [0.1, 0.15) is 65.9 Å². The summed E-state index contributed by atoms with van der Waals surface area (Å²) in [7, 11) is 2.58. The summed E-state index contributed by atoms with van der Waals surface area (Å²) in [5, 5.41) is 84.3. The maximum Gasteiger partial charge on any atom is 0.402 e. The Hall–Kier alpha value is -5.93. The predicted molar refractivity (Wildman–Crippen MR) is 196 cm³/mol. The highest BCUT2D eigenvalue weighted by Crippen LogP contribution is 2.46. The molecule has 0 spiro atoms. The van der Waals surface area contributed by atoms with Crippen molar-refractivity contribution in [1.29, 1.82) is 0 Å². The van der Waals surface area contributed by atoms with E-state index in [-0.39, 0.29) is 62.5 Å². The van der Waals surface area contributed by atoms with E-state index in [1.165, 1.54) is 56.7 Å². The Morgan fingerprint density at radius 3 is 2.12 bits per heavy atom. The highest BCUT2D eigenvalue weighted by atomic mass is 16.7. The van der Waals surface area contributed by atoms with Crippen LogP contribution in [0.4, 0.5) is 0 Å². The van der Waals surface area contributed by atoms with E-state index in [1.54, 1.807) is 12.1 Å². The van der Waals surface area contributed by atoms with Crippen LogP contribution in [0, 0.1) is 0 Å². The Kier molecular flexibility index (Phi) is 12.7. The summed E-state index contributed by atoms with van der Waals surface area (Å²) in [6.07, 6.45) is -12.3. The largest absolute Gasteiger partial charge is 0.508 e. The van der Waals surface area contributed by atoms with Gasteiger partial charge in [-0.2, -0.15) is 0 Å². The smallest absolute Gasteiger partial charge is 0.402 e. The molecule has 3 aromatic carbocycles. The second-order valence-electron chi connectivity index (χ2n) is 13.2. The van der Waals surface area contributed by atoms with Gasteiger partial charge in [0.25, 0.3) is 0 Å². The topological polar surface area (TPSA) is 281 Å². The summed E-state index contributed by atoms with van der Waals surface area (Å²) in [4.78, 5) is 24.4. The zero-order valence-electron chi connectivity index (χ0n) is 31.0. The van der Waals surface area contributed by atoms with E-state index in [4.69, 9.17) is 42.3 Å². The predicted octanol–water partition coefficient (Wildman–Crippen LogP) is 1.35. The zero-order chi connectivity index (χ0) is 41.8. The molecule has 2 saturated heterocycles. The van der Waals surface area contributed by atoms with Crippen molar-refractivity contribution in [3.63, 3.8) is 0 Å². The van der Waals surface area contributed by atoms with Crippen LogP contribution in [0.3, 0.4) is 0 Å². The number of aliphatic hydroxyl groups excluding tert-OH is 5. The molecule has 4 aromatic rings. The Bertz CT molecular complexity index is 2110. The van der Waals surface area contributed by atoms with Crippen molar-refractivity contribution in [2.45, 2.75) is 62.2 Å². The molecule has 0 bridgehead atoms. The molecule has 19 heteroatoms. The van der Waals surface area contributed by atoms with Crippen molar-refractivity contribution >= 4 is 29.0 Å². The molecule has 0 saturated carbocycles. The molecule has 2 aliphatic rings. The number of hydrogen-bond donors (Lipinski definition) is 8. The Labute approximate surface area is 328 Å². The minimum Gasteiger partial charge on any atom is -0.508 e. The second kappa shape index (κ2) is 17.7. The van der Waals surface area contributed by atoms with Gasteiger partial charge in [0.05, 0.1) is 32.5 Å². The molecular weight excluding hydrogens is 772 g/mol. The van der Waals surface area contributed by atoms with Gasteiger partial charge in [0, 0.05) is 37.3 Å². The molecule has 9 atom stereocenters. The monoisotopic (exact) mass is 813 g/mol. The maximum atomic E-state index is 12.5. The number of rotatable bonds is 12. The summed E-state index contributed by atoms with van der Waals surface area (Å²) < 4.78 is 50.8. The minimum absolute atomic E-state index is 0.0338. The normalized spacial score (nSPS) is 25.9. The quantitative estimate of drug-likeness (QED) is 0.0569. The fraction of sp³-hybridized carbons (Fsp3) is 0.359. The minimum atomic E-state index is -1.91. The Morgan fingerprint density at radius 1 is 0.793 bits per heavy atom. The number of fused-ring (bicyclic) bond motifs is 1. The molecule has 0 amide bonds. The lowest BCUT2D eigenvalue weighted by Crippen LogP contribution is -2.60. The third kappa shape index (κ3) is 9.11. The molecule has 1 aromatic heterocycles. The number of carbonyl (C=O) groups excluding carboxylic acids is 2. The Balaban J connectivity index is 1.37. The van der Waals surface area contributed by atoms with Crippen LogP contribution in [0.15, 0.2) is 65.1 Å². The maximum absolute atomic E-state index is 12.5. The molecule has 2 fully saturated rings. The zero-order valence-corrected chi connectivity index (χ0v) is 31.0. The Morgan fingerprint density at radius 2 is 1.47 bits per heavy atom. The van der Waals surface area contributed by atoms with E-state index >= 15 is 0 Å². The summed E-state index contributed by atoms with van der Waals surface area (Å²) >= 11 is 0. The number of esters is 2. The van der Waals surface area contributed by atoms with Gasteiger partial charge in [-0.25, -0.2) is 9.21 Å². The molecule has 8 N–H and O–H groups in total. The van der Waals surface area contributed by atoms with Crippen LogP contribution in [0.25, 0.3) is 28.4 Å². The van der Waals surface area contributed by atoms with Crippen molar-refractivity contribution in [3.05, 3.63) is 66.2 Å². The first-order valence-electron chi connectivity index (χ1n) is 17.6. The number of hydrogen-bond acceptors (Lipinski definition) is 18. The molecule has 3 heterocycles. The van der Waals surface area contributed by atoms with E-state index in [1.807, 2.05) is 0 Å². The van der Waals surface area contributed by atoms with Crippen molar-refractivity contribution in [2.75, 3.05) is 27.4 Å². The number of methoxy groups -OCH3 is 2. The molecule has 0 unspecified atom stereocenters. The molecule has 19 nitrogen and oxygen atoms in total. The van der Waals surface area contributed by atoms with Gasteiger partial charge in [-0.1, -0.05) is 12.1 Å². The van der Waals surface area contributed by atoms with E-state index in [9.17, 15) is 50.4 Å². The molecular formula is C39H41O19+. The van der Waals surface area contributed by atoms with Gasteiger partial charge in [-0.15, -0.1) is 0 Å². The average Bonchev–Trinajstić information content (AvgIpc) is 3.20. The van der Waals surface area contributed by atoms with Gasteiger partial charge in [-0.05, 0) is 23.8 Å². The lowest BCUT2D eigenvalue weighted by Gasteiger charge is -2.39. The molecule has 6 rings (SSSR count). The fourth-order valence-corrected chi connectivity index (χ4v) is 6.13. The van der Waals surface area contributed by atoms with Crippen molar-refractivity contribution in [2.24, 2.45) is 0 Å². The summed E-state index contributed by atoms with van der Waals surface area (Å²) in [5.74, 6) is -3.05. The van der Waals surface area contributed by atoms with Gasteiger partial charge in [0.15, 0.2) is 17.6 Å². The highest BCUT2D eigenvalue weighted by Gasteiger charge is 2.47. The third-order valence-corrected chi connectivity index (χ3v) is 9.12. The van der Waals surface area contributed by atoms with Crippen molar-refractivity contribution in [3.8, 4) is 51.6 Å². The van der Waals surface area contributed by atoms with Gasteiger partial charge < -0.3 is 78.7 Å². The average molecular weight is 814 g/mol. The van der Waals surface area contributed by atoms with Crippen LogP contribution in [0.5, 0.6) is 40.2 Å². The first kappa shape index (κ1) is 41.7. The van der Waals surface area contributed by atoms with Crippen molar-refractivity contribution in [1.82, 2.24) is 0 Å². The third-order valence-electron chi connectivity index (χ3n) is 9.12. The van der Waals surface area contributed by atoms with Crippen LogP contribution >= 0.6 is 0 Å². The van der Waals surface area contributed by atoms with E-state index in [2.05, 4.69) is 0 Å². The van der Waals surface area contributed by atoms with Crippen LogP contribution in [0.2, 0.25) is 0 Å². The van der Waals surface area contributed by atoms with Gasteiger partial charge in [0.2, 0.25) is 24.1 Å². The first-order chi connectivity index (χ1) is 27.7. The van der Waals surface area contributed by atoms with E-state index < -0.39 is 80.5 Å². The number of aromatic hydroxyl groups is 3. The standard InChI is InChI=1S/C39H40O19/c1-17(40)54-37-31(45)23(43)15-53-39(37)56-25-13-21(42)12-24-22(25)14-28(36(55-24)19-10-26(50-2)32(46)27(11-19)51-3)57-38-35(49)34(48)33(47)29(58-38)16-52-30(44)9-6-18-4-7-20(41)8-5-18/h4-14,23,29,31,33-35,37-39,43,45,47-49H,15-16H2,1-3H3,(H2-,41,42,44,46)/p+1/t23-,29+,31+,33+,34-,35-,37+,38+,39+/m0/s1. The summed E-state index contributed by atoms with van der Waals surface area (Å²) in [5.41, 5.74) is 0.662. The van der Waals surface area contributed by atoms with Crippen LogP contribution in [-0.4, -0.2) is 136 Å². The SMILES string of the molecule is COc1cc(-c2[o+]c3cc(O)cc(O[C@H]4OC[C@H](O)[C@@H](O)[C@H]4OC(C)=O)c3cc2O[C@@H]2O[C@H](COC(=O)/C=C/c3ccc(O)cc3)[C@@H](O)[C@H](O)[C@@H]2O)cc(OC)c1O. The number of phenolic OH excluding ortho intramolecular Hbond substituents is 3. The van der Waals surface area contributed by atoms with Crippen LogP contribution in [-0.2, 0) is 28.5 Å². The fourth-order valence-electron chi connectivity index (χ4n) is 6.13. The molecule has 2 aliphatic heterocycles. The number of aliphatic hydroxyl groups is 5. The lowest BCUT2D eigenvalue weighted by molar-refractivity contribution is -0.278. The van der Waals surface area contributed by atoms with Gasteiger partial charge in [-0.3, -0.25) is 4.79 Å². The number of phenols is 3. The van der Waals surface area contributed by atoms with Crippen LogP contribution < -0.4 is 18.9 Å². The van der Waals surface area contributed by atoms with Crippen LogP contribution in [0.1, 0.15) is 12.5 Å². The molecule has 0 radical (unpaired) electrons. The second-order valence-corrected chi connectivity index (χ2v) is 13.2. The first-order valence-corrected chi connectivity index (χ1v) is 17.6. The molecule has 0 aliphatic carbocycles. The van der Waals surface area contributed by atoms with Crippen molar-refractivity contribution < 1.29 is 92.8 Å². The number of ether oxygens (including phenoxy) is 8. The van der Waals surface area contributed by atoms with E-state index in [0.29, 0.717) is 5.56 Å². The number of carbonyl (C=O) groups is 2. The van der Waals surface area contributed by atoms with E-state index in [0.717, 1.165) is 19.1 Å². The summed E-state index contributed by atoms with van der Waals surface area (Å²) in [6, 6.07) is 12.3. The lowest BCUT2D eigenvalue weighted by atomic mass is 9.99. The number of benzene rings is 3.